The molecule has 0 bridgehead atoms. The molecule has 5 heterocycles. The molecular weight excluding hydrogens is 292 g/mol. The fraction of sp³-hybridized carbons (Fsp3) is 0.562. The molecule has 120 valence electrons. The van der Waals surface area contributed by atoms with E-state index in [1.807, 2.05) is 22.1 Å². The first-order valence-corrected chi connectivity index (χ1v) is 8.49. The maximum atomic E-state index is 12.6. The van der Waals surface area contributed by atoms with Crippen molar-refractivity contribution < 1.29 is 4.79 Å². The number of hydrogen-bond donors (Lipinski definition) is 0. The van der Waals surface area contributed by atoms with Gasteiger partial charge in [0.2, 0.25) is 0 Å². The molecule has 0 aromatic carbocycles. The van der Waals surface area contributed by atoms with Crippen LogP contribution in [0.2, 0.25) is 0 Å². The molecule has 0 spiro atoms. The first kappa shape index (κ1) is 13.2. The van der Waals surface area contributed by atoms with Crippen molar-refractivity contribution in [2.45, 2.75) is 31.7 Å². The summed E-state index contributed by atoms with van der Waals surface area (Å²) in [7, 11) is 0. The van der Waals surface area contributed by atoms with Gasteiger partial charge in [-0.3, -0.25) is 4.90 Å². The van der Waals surface area contributed by atoms with Crippen molar-refractivity contribution in [2.24, 2.45) is 0 Å². The minimum Gasteiger partial charge on any atom is -0.356 e. The van der Waals surface area contributed by atoms with E-state index in [4.69, 9.17) is 4.98 Å². The van der Waals surface area contributed by atoms with Crippen molar-refractivity contribution in [1.29, 1.82) is 0 Å². The van der Waals surface area contributed by atoms with E-state index in [1.165, 1.54) is 12.8 Å². The summed E-state index contributed by atoms with van der Waals surface area (Å²) in [4.78, 5) is 23.6. The highest BCUT2D eigenvalue weighted by atomic mass is 16.2. The molecule has 0 saturated carbocycles. The number of hydrogen-bond acceptors (Lipinski definition) is 4. The summed E-state index contributed by atoms with van der Waals surface area (Å²) in [6.07, 6.45) is 8.39. The van der Waals surface area contributed by atoms with Gasteiger partial charge in [0.15, 0.2) is 5.65 Å². The summed E-state index contributed by atoms with van der Waals surface area (Å²) in [5.41, 5.74) is 1.62. The average Bonchev–Trinajstić information content (AvgIpc) is 3.32. The third kappa shape index (κ3) is 1.92. The van der Waals surface area contributed by atoms with Crippen LogP contribution in [-0.4, -0.2) is 57.7 Å². The zero-order chi connectivity index (χ0) is 15.4. The molecule has 3 saturated heterocycles. The summed E-state index contributed by atoms with van der Waals surface area (Å²) < 4.78 is 1.77. The van der Waals surface area contributed by atoms with Crippen LogP contribution in [0.5, 0.6) is 0 Å². The molecule has 0 unspecified atom stereocenters. The van der Waals surface area contributed by atoms with Crippen LogP contribution in [0.1, 0.15) is 25.7 Å². The third-order valence-corrected chi connectivity index (χ3v) is 5.30. The Kier molecular flexibility index (Phi) is 2.77. The van der Waals surface area contributed by atoms with Crippen molar-refractivity contribution in [3.8, 4) is 0 Å². The van der Waals surface area contributed by atoms with Crippen LogP contribution in [-0.2, 0) is 0 Å². The first-order valence-electron chi connectivity index (χ1n) is 8.49. The molecular formula is C16H20N6O. The maximum absolute atomic E-state index is 12.6. The van der Waals surface area contributed by atoms with Gasteiger partial charge in [-0.15, -0.1) is 0 Å². The number of carbonyl (C=O) groups excluding carboxylic acids is 1. The van der Waals surface area contributed by atoms with Crippen molar-refractivity contribution in [3.63, 3.8) is 0 Å². The van der Waals surface area contributed by atoms with Gasteiger partial charge in [0.1, 0.15) is 11.5 Å². The first-order chi connectivity index (χ1) is 11.3. The molecule has 1 atom stereocenters. The molecule has 5 rings (SSSR count). The molecule has 7 nitrogen and oxygen atoms in total. The number of urea groups is 1. The van der Waals surface area contributed by atoms with E-state index in [9.17, 15) is 4.79 Å². The van der Waals surface area contributed by atoms with Crippen molar-refractivity contribution in [3.05, 3.63) is 18.5 Å². The van der Waals surface area contributed by atoms with Crippen molar-refractivity contribution in [2.75, 3.05) is 36.0 Å². The lowest BCUT2D eigenvalue weighted by Gasteiger charge is -2.18. The zero-order valence-corrected chi connectivity index (χ0v) is 13.1. The summed E-state index contributed by atoms with van der Waals surface area (Å²) in [5, 5.41) is 4.38. The number of aromatic nitrogens is 3. The number of anilines is 2. The standard InChI is InChI=1S/C16H20N6O/c23-16-20-8-3-4-12(20)11-21(16)13-10-17-22-9-5-14(18-15(13)22)19-6-1-2-7-19/h5,9-10,12H,1-4,6-8,11H2/t12-/m0/s1. The smallest absolute Gasteiger partial charge is 0.325 e. The largest absolute Gasteiger partial charge is 0.356 e. The Hall–Kier alpha value is -2.31. The molecule has 3 aliphatic heterocycles. The molecule has 0 radical (unpaired) electrons. The summed E-state index contributed by atoms with van der Waals surface area (Å²) in [5.74, 6) is 0.990. The number of amides is 2. The van der Waals surface area contributed by atoms with Gasteiger partial charge >= 0.3 is 6.03 Å². The normalized spacial score (nSPS) is 24.3. The zero-order valence-electron chi connectivity index (χ0n) is 13.1. The van der Waals surface area contributed by atoms with E-state index < -0.39 is 0 Å². The molecule has 2 aromatic rings. The van der Waals surface area contributed by atoms with Gasteiger partial charge in [0, 0.05) is 32.4 Å². The highest BCUT2D eigenvalue weighted by Crippen LogP contribution is 2.32. The highest BCUT2D eigenvalue weighted by Gasteiger charge is 2.41. The molecule has 0 N–H and O–H groups in total. The van der Waals surface area contributed by atoms with Gasteiger partial charge in [-0.05, 0) is 31.7 Å². The number of rotatable bonds is 2. The van der Waals surface area contributed by atoms with Gasteiger partial charge in [-0.1, -0.05) is 0 Å². The maximum Gasteiger partial charge on any atom is 0.325 e. The fourth-order valence-corrected chi connectivity index (χ4v) is 4.08. The monoisotopic (exact) mass is 312 g/mol. The lowest BCUT2D eigenvalue weighted by molar-refractivity contribution is 0.219. The second kappa shape index (κ2) is 4.84. The summed E-state index contributed by atoms with van der Waals surface area (Å²) >= 11 is 0. The van der Waals surface area contributed by atoms with Crippen molar-refractivity contribution in [1.82, 2.24) is 19.5 Å². The van der Waals surface area contributed by atoms with Gasteiger partial charge in [-0.2, -0.15) is 5.10 Å². The Balaban J connectivity index is 1.54. The van der Waals surface area contributed by atoms with Crippen LogP contribution in [0.3, 0.4) is 0 Å². The van der Waals surface area contributed by atoms with Crippen LogP contribution in [0, 0.1) is 0 Å². The fourth-order valence-electron chi connectivity index (χ4n) is 4.08. The number of nitrogens with zero attached hydrogens (tertiary/aromatic N) is 6. The minimum absolute atomic E-state index is 0.107. The van der Waals surface area contributed by atoms with E-state index >= 15 is 0 Å². The number of carbonyl (C=O) groups is 1. The van der Waals surface area contributed by atoms with Gasteiger partial charge < -0.3 is 9.80 Å². The SMILES string of the molecule is O=C1N(c2cnn3ccc(N4CCCC4)nc23)C[C@@H]2CCCN12. The van der Waals surface area contributed by atoms with E-state index in [1.54, 1.807) is 10.7 Å². The molecule has 3 fully saturated rings. The van der Waals surface area contributed by atoms with Gasteiger partial charge in [0.05, 0.1) is 12.2 Å². The lowest BCUT2D eigenvalue weighted by Crippen LogP contribution is -2.31. The predicted molar refractivity (Wildman–Crippen MR) is 86.9 cm³/mol. The van der Waals surface area contributed by atoms with Gasteiger partial charge in [-0.25, -0.2) is 14.3 Å². The Labute approximate surface area is 134 Å². The van der Waals surface area contributed by atoms with Gasteiger partial charge in [0.25, 0.3) is 0 Å². The Bertz CT molecular complexity index is 765. The van der Waals surface area contributed by atoms with Crippen LogP contribution >= 0.6 is 0 Å². The van der Waals surface area contributed by atoms with E-state index in [0.717, 1.165) is 56.2 Å². The predicted octanol–water partition coefficient (Wildman–Crippen LogP) is 1.73. The molecule has 23 heavy (non-hydrogen) atoms. The Morgan fingerprint density at radius 2 is 2.00 bits per heavy atom. The number of fused-ring (bicyclic) bond motifs is 2. The molecule has 3 aliphatic rings. The van der Waals surface area contributed by atoms with Crippen LogP contribution in [0.4, 0.5) is 16.3 Å². The molecule has 2 amide bonds. The summed E-state index contributed by atoms with van der Waals surface area (Å²) in [6, 6.07) is 2.48. The van der Waals surface area contributed by atoms with Crippen LogP contribution in [0.15, 0.2) is 18.5 Å². The molecule has 7 heteroatoms. The Morgan fingerprint density at radius 1 is 1.13 bits per heavy atom. The van der Waals surface area contributed by atoms with Crippen molar-refractivity contribution >= 4 is 23.2 Å². The average molecular weight is 312 g/mol. The lowest BCUT2D eigenvalue weighted by atomic mass is 10.2. The minimum atomic E-state index is 0.107. The second-order valence-electron chi connectivity index (χ2n) is 6.66. The third-order valence-electron chi connectivity index (χ3n) is 5.30. The second-order valence-corrected chi connectivity index (χ2v) is 6.66. The molecule has 0 aliphatic carbocycles. The van der Waals surface area contributed by atoms with E-state index in [2.05, 4.69) is 10.00 Å². The van der Waals surface area contributed by atoms with Crippen LogP contribution < -0.4 is 9.80 Å². The Morgan fingerprint density at radius 3 is 2.83 bits per heavy atom. The van der Waals surface area contributed by atoms with E-state index in [0.29, 0.717) is 6.04 Å². The quantitative estimate of drug-likeness (QED) is 0.847. The topological polar surface area (TPSA) is 57.0 Å². The highest BCUT2D eigenvalue weighted by molar-refractivity contribution is 5.98. The molecule has 2 aromatic heterocycles. The summed E-state index contributed by atoms with van der Waals surface area (Å²) in [6.45, 7) is 3.76. The van der Waals surface area contributed by atoms with Crippen LogP contribution in [0.25, 0.3) is 5.65 Å². The van der Waals surface area contributed by atoms with E-state index in [-0.39, 0.29) is 6.03 Å².